The molecule has 0 spiro atoms. The second kappa shape index (κ2) is 3.23. The molecule has 2 rings (SSSR count). The van der Waals surface area contributed by atoms with Gasteiger partial charge in [-0.05, 0) is 19.9 Å². The van der Waals surface area contributed by atoms with Crippen molar-refractivity contribution in [2.24, 2.45) is 0 Å². The number of carbonyl (C=O) groups is 1. The summed E-state index contributed by atoms with van der Waals surface area (Å²) in [6, 6.07) is 3.30. The van der Waals surface area contributed by atoms with E-state index in [1.54, 1.807) is 13.0 Å². The van der Waals surface area contributed by atoms with E-state index >= 15 is 0 Å². The Bertz CT molecular complexity index is 512. The van der Waals surface area contributed by atoms with E-state index in [-0.39, 0.29) is 5.69 Å². The van der Waals surface area contributed by atoms with Gasteiger partial charge in [-0.3, -0.25) is 5.10 Å². The number of hydrogen-bond acceptors (Lipinski definition) is 3. The number of H-pyrrole nitrogens is 1. The van der Waals surface area contributed by atoms with Gasteiger partial charge in [-0.1, -0.05) is 0 Å². The molecule has 2 N–H and O–H groups in total. The van der Waals surface area contributed by atoms with Crippen LogP contribution in [0.25, 0.3) is 5.82 Å². The average molecular weight is 206 g/mol. The van der Waals surface area contributed by atoms with Crippen LogP contribution in [0, 0.1) is 13.8 Å². The zero-order valence-electron chi connectivity index (χ0n) is 8.35. The van der Waals surface area contributed by atoms with Crippen molar-refractivity contribution in [3.05, 3.63) is 29.2 Å². The Morgan fingerprint density at radius 1 is 1.47 bits per heavy atom. The van der Waals surface area contributed by atoms with Crippen LogP contribution in [0.1, 0.15) is 21.9 Å². The molecule has 0 fully saturated rings. The van der Waals surface area contributed by atoms with Crippen LogP contribution in [0.4, 0.5) is 0 Å². The van der Waals surface area contributed by atoms with Gasteiger partial charge >= 0.3 is 5.97 Å². The molecular weight excluding hydrogens is 196 g/mol. The molecule has 0 aliphatic carbocycles. The Kier molecular flexibility index (Phi) is 2.03. The molecule has 6 nitrogen and oxygen atoms in total. The third-order valence-corrected chi connectivity index (χ3v) is 2.02. The van der Waals surface area contributed by atoms with Gasteiger partial charge in [-0.25, -0.2) is 9.48 Å². The molecule has 78 valence electrons. The van der Waals surface area contributed by atoms with Crippen molar-refractivity contribution < 1.29 is 9.90 Å². The van der Waals surface area contributed by atoms with E-state index in [1.165, 1.54) is 10.7 Å². The second-order valence-corrected chi connectivity index (χ2v) is 3.30. The highest BCUT2D eigenvalue weighted by Gasteiger charge is 2.12. The van der Waals surface area contributed by atoms with Gasteiger partial charge in [0.25, 0.3) is 0 Å². The number of nitrogens with zero attached hydrogens (tertiary/aromatic N) is 3. The van der Waals surface area contributed by atoms with Gasteiger partial charge in [-0.15, -0.1) is 0 Å². The topological polar surface area (TPSA) is 83.8 Å². The Morgan fingerprint density at radius 2 is 2.20 bits per heavy atom. The van der Waals surface area contributed by atoms with E-state index in [2.05, 4.69) is 15.3 Å². The maximum atomic E-state index is 10.7. The van der Waals surface area contributed by atoms with Crippen LogP contribution in [0.3, 0.4) is 0 Å². The molecule has 0 radical (unpaired) electrons. The summed E-state index contributed by atoms with van der Waals surface area (Å²) < 4.78 is 1.49. The first-order chi connectivity index (χ1) is 7.08. The van der Waals surface area contributed by atoms with Crippen molar-refractivity contribution >= 4 is 5.97 Å². The Hall–Kier alpha value is -2.11. The van der Waals surface area contributed by atoms with Gasteiger partial charge in [0.05, 0.1) is 0 Å². The Balaban J connectivity index is 2.49. The SMILES string of the molecule is Cc1cc(-n2nc(C(=O)O)cc2C)n[nH]1. The second-order valence-electron chi connectivity index (χ2n) is 3.30. The van der Waals surface area contributed by atoms with Crippen molar-refractivity contribution in [2.75, 3.05) is 0 Å². The normalized spacial score (nSPS) is 10.5. The van der Waals surface area contributed by atoms with Crippen LogP contribution in [0.5, 0.6) is 0 Å². The van der Waals surface area contributed by atoms with E-state index in [0.717, 1.165) is 11.4 Å². The van der Waals surface area contributed by atoms with Crippen LogP contribution < -0.4 is 0 Å². The monoisotopic (exact) mass is 206 g/mol. The van der Waals surface area contributed by atoms with Crippen LogP contribution in [-0.2, 0) is 0 Å². The molecule has 2 aromatic heterocycles. The summed E-state index contributed by atoms with van der Waals surface area (Å²) in [5.74, 6) is -0.443. The molecule has 0 unspecified atom stereocenters. The molecule has 0 atom stereocenters. The highest BCUT2D eigenvalue weighted by atomic mass is 16.4. The first-order valence-electron chi connectivity index (χ1n) is 4.40. The molecule has 0 aromatic carbocycles. The van der Waals surface area contributed by atoms with Crippen LogP contribution in [0.2, 0.25) is 0 Å². The van der Waals surface area contributed by atoms with E-state index in [9.17, 15) is 4.79 Å². The molecule has 0 saturated heterocycles. The number of aromatic carboxylic acids is 1. The molecule has 2 aromatic rings. The Morgan fingerprint density at radius 3 is 2.67 bits per heavy atom. The van der Waals surface area contributed by atoms with Gasteiger partial charge in [0.15, 0.2) is 11.5 Å². The first-order valence-corrected chi connectivity index (χ1v) is 4.40. The van der Waals surface area contributed by atoms with E-state index in [0.29, 0.717) is 5.82 Å². The number of nitrogens with one attached hydrogen (secondary N) is 1. The largest absolute Gasteiger partial charge is 0.476 e. The molecule has 0 amide bonds. The molecule has 0 aliphatic rings. The van der Waals surface area contributed by atoms with E-state index < -0.39 is 5.97 Å². The van der Waals surface area contributed by atoms with Gasteiger partial charge in [0.2, 0.25) is 0 Å². The predicted molar refractivity (Wildman–Crippen MR) is 52.1 cm³/mol. The lowest BCUT2D eigenvalue weighted by atomic mass is 10.4. The third-order valence-electron chi connectivity index (χ3n) is 2.02. The van der Waals surface area contributed by atoms with Gasteiger partial charge in [0.1, 0.15) is 0 Å². The zero-order valence-corrected chi connectivity index (χ0v) is 8.35. The molecule has 6 heteroatoms. The number of carboxylic acid groups (broad SMARTS) is 1. The zero-order chi connectivity index (χ0) is 11.0. The van der Waals surface area contributed by atoms with Crippen molar-refractivity contribution in [3.8, 4) is 5.82 Å². The van der Waals surface area contributed by atoms with E-state index in [1.807, 2.05) is 6.92 Å². The fraction of sp³-hybridized carbons (Fsp3) is 0.222. The number of aromatic nitrogens is 4. The summed E-state index contributed by atoms with van der Waals surface area (Å²) in [5.41, 5.74) is 1.66. The fourth-order valence-electron chi connectivity index (χ4n) is 1.32. The summed E-state index contributed by atoms with van der Waals surface area (Å²) in [4.78, 5) is 10.7. The molecular formula is C9H10N4O2. The lowest BCUT2D eigenvalue weighted by Gasteiger charge is -1.96. The van der Waals surface area contributed by atoms with E-state index in [4.69, 9.17) is 5.11 Å². The van der Waals surface area contributed by atoms with Crippen LogP contribution in [-0.4, -0.2) is 31.1 Å². The number of carboxylic acids is 1. The minimum atomic E-state index is -1.04. The van der Waals surface area contributed by atoms with Crippen molar-refractivity contribution in [3.63, 3.8) is 0 Å². The van der Waals surface area contributed by atoms with Crippen molar-refractivity contribution in [2.45, 2.75) is 13.8 Å². The number of hydrogen-bond donors (Lipinski definition) is 2. The maximum absolute atomic E-state index is 10.7. The van der Waals surface area contributed by atoms with Crippen LogP contribution in [0.15, 0.2) is 12.1 Å². The highest BCUT2D eigenvalue weighted by Crippen LogP contribution is 2.10. The first kappa shape index (κ1) is 9.45. The lowest BCUT2D eigenvalue weighted by Crippen LogP contribution is -2.02. The lowest BCUT2D eigenvalue weighted by molar-refractivity contribution is 0.0690. The molecule has 2 heterocycles. The van der Waals surface area contributed by atoms with Crippen molar-refractivity contribution in [1.29, 1.82) is 0 Å². The summed E-state index contributed by atoms with van der Waals surface area (Å²) in [7, 11) is 0. The number of aromatic amines is 1. The summed E-state index contributed by atoms with van der Waals surface area (Å²) >= 11 is 0. The van der Waals surface area contributed by atoms with Gasteiger partial charge < -0.3 is 5.11 Å². The summed E-state index contributed by atoms with van der Waals surface area (Å²) in [5, 5.41) is 19.5. The molecule has 0 aliphatic heterocycles. The number of rotatable bonds is 2. The molecule has 0 bridgehead atoms. The third kappa shape index (κ3) is 1.61. The fourth-order valence-corrected chi connectivity index (χ4v) is 1.32. The standard InChI is InChI=1S/C9H10N4O2/c1-5-3-8(11-10-5)13-6(2)4-7(12-13)9(14)15/h3-4H,1-2H3,(H,10,11)(H,14,15). The van der Waals surface area contributed by atoms with Gasteiger partial charge in [0, 0.05) is 17.5 Å². The average Bonchev–Trinajstić information content (AvgIpc) is 2.71. The minimum absolute atomic E-state index is 0.0214. The summed E-state index contributed by atoms with van der Waals surface area (Å²) in [6.07, 6.45) is 0. The predicted octanol–water partition coefficient (Wildman–Crippen LogP) is 0.910. The quantitative estimate of drug-likeness (QED) is 0.764. The minimum Gasteiger partial charge on any atom is -0.476 e. The van der Waals surface area contributed by atoms with Crippen LogP contribution >= 0.6 is 0 Å². The molecule has 0 saturated carbocycles. The number of aryl methyl sites for hydroxylation is 2. The highest BCUT2D eigenvalue weighted by molar-refractivity contribution is 5.85. The molecule has 15 heavy (non-hydrogen) atoms. The van der Waals surface area contributed by atoms with Gasteiger partial charge in [-0.2, -0.15) is 10.2 Å². The Labute approximate surface area is 85.5 Å². The summed E-state index contributed by atoms with van der Waals surface area (Å²) in [6.45, 7) is 3.65. The smallest absolute Gasteiger partial charge is 0.356 e. The maximum Gasteiger partial charge on any atom is 0.356 e. The van der Waals surface area contributed by atoms with Crippen molar-refractivity contribution in [1.82, 2.24) is 20.0 Å².